The van der Waals surface area contributed by atoms with E-state index >= 15 is 0 Å². The molecule has 0 saturated heterocycles. The summed E-state index contributed by atoms with van der Waals surface area (Å²) in [7, 11) is 1.75. The highest BCUT2D eigenvalue weighted by Gasteiger charge is 2.14. The lowest BCUT2D eigenvalue weighted by atomic mass is 10.1. The molecule has 0 unspecified atom stereocenters. The Bertz CT molecular complexity index is 1160. The van der Waals surface area contributed by atoms with Gasteiger partial charge in [-0.05, 0) is 18.2 Å². The minimum absolute atomic E-state index is 0.962. The lowest BCUT2D eigenvalue weighted by Crippen LogP contribution is -1.82. The second kappa shape index (κ2) is 4.45. The summed E-state index contributed by atoms with van der Waals surface area (Å²) in [5.74, 6) is 0.962. The fraction of sp³-hybridized carbons (Fsp3) is 0.0526. The van der Waals surface area contributed by atoms with E-state index in [0.29, 0.717) is 0 Å². The highest BCUT2D eigenvalue weighted by atomic mass is 32.1. The van der Waals surface area contributed by atoms with Crippen LogP contribution >= 0.6 is 22.7 Å². The van der Waals surface area contributed by atoms with Crippen LogP contribution in [0.15, 0.2) is 54.6 Å². The smallest absolute Gasteiger partial charge is 0.128 e. The highest BCUT2D eigenvalue weighted by Crippen LogP contribution is 2.46. The second-order valence-corrected chi connectivity index (χ2v) is 7.46. The van der Waals surface area contributed by atoms with Crippen LogP contribution in [-0.2, 0) is 0 Å². The number of ether oxygens (including phenoxy) is 1. The van der Waals surface area contributed by atoms with Crippen LogP contribution in [-0.4, -0.2) is 7.11 Å². The molecule has 0 fully saturated rings. The van der Waals surface area contributed by atoms with E-state index in [4.69, 9.17) is 4.74 Å². The fourth-order valence-corrected chi connectivity index (χ4v) is 5.76. The number of methoxy groups -OCH3 is 1. The first-order chi connectivity index (χ1) is 10.9. The van der Waals surface area contributed by atoms with Gasteiger partial charge in [0.25, 0.3) is 0 Å². The predicted octanol–water partition coefficient (Wildman–Crippen LogP) is 6.43. The number of hydrogen-bond acceptors (Lipinski definition) is 3. The van der Waals surface area contributed by atoms with Crippen LogP contribution in [0.3, 0.4) is 0 Å². The van der Waals surface area contributed by atoms with Gasteiger partial charge in [0.1, 0.15) is 5.75 Å². The van der Waals surface area contributed by atoms with Crippen molar-refractivity contribution in [3.8, 4) is 5.75 Å². The molecule has 0 bridgehead atoms. The first-order valence-electron chi connectivity index (χ1n) is 7.16. The standard InChI is InChI=1S/C19H12OS2/c1-20-14-6-4-8-16-17(14)13-10-9-12-11-5-2-3-7-15(11)21-18(12)19(13)22-16/h2-10H,1H3. The zero-order valence-corrected chi connectivity index (χ0v) is 13.6. The molecule has 0 aliphatic heterocycles. The molecule has 5 rings (SSSR count). The molecule has 0 amide bonds. The number of thiophene rings is 2. The molecule has 1 nitrogen and oxygen atoms in total. The number of rotatable bonds is 1. The third-order valence-electron chi connectivity index (χ3n) is 4.19. The molecule has 22 heavy (non-hydrogen) atoms. The number of benzene rings is 3. The third-order valence-corrected chi connectivity index (χ3v) is 6.71. The van der Waals surface area contributed by atoms with Crippen molar-refractivity contribution in [3.63, 3.8) is 0 Å². The molecule has 2 heterocycles. The van der Waals surface area contributed by atoms with Gasteiger partial charge in [0.15, 0.2) is 0 Å². The monoisotopic (exact) mass is 320 g/mol. The highest BCUT2D eigenvalue weighted by molar-refractivity contribution is 7.33. The van der Waals surface area contributed by atoms with Crippen LogP contribution < -0.4 is 4.74 Å². The Morgan fingerprint density at radius 1 is 0.682 bits per heavy atom. The first kappa shape index (κ1) is 12.4. The molecule has 5 aromatic rings. The summed E-state index contributed by atoms with van der Waals surface area (Å²) in [5, 5.41) is 5.26. The van der Waals surface area contributed by atoms with Gasteiger partial charge < -0.3 is 4.74 Å². The van der Waals surface area contributed by atoms with Gasteiger partial charge in [-0.3, -0.25) is 0 Å². The molecule has 0 saturated carbocycles. The van der Waals surface area contributed by atoms with E-state index in [1.165, 1.54) is 40.3 Å². The van der Waals surface area contributed by atoms with Gasteiger partial charge in [0.05, 0.1) is 16.5 Å². The van der Waals surface area contributed by atoms with Gasteiger partial charge in [-0.25, -0.2) is 0 Å². The molecular formula is C19H12OS2. The van der Waals surface area contributed by atoms with Crippen LogP contribution in [0.2, 0.25) is 0 Å². The molecule has 3 aromatic carbocycles. The van der Waals surface area contributed by atoms with Gasteiger partial charge in [0, 0.05) is 30.9 Å². The summed E-state index contributed by atoms with van der Waals surface area (Å²) in [6, 6.07) is 19.5. The normalized spacial score (nSPS) is 11.9. The average molecular weight is 320 g/mol. The molecule has 0 radical (unpaired) electrons. The number of fused-ring (bicyclic) bond motifs is 7. The van der Waals surface area contributed by atoms with Gasteiger partial charge in [-0.2, -0.15) is 0 Å². The Morgan fingerprint density at radius 2 is 1.41 bits per heavy atom. The van der Waals surface area contributed by atoms with Crippen LogP contribution in [0, 0.1) is 0 Å². The molecule has 3 heteroatoms. The van der Waals surface area contributed by atoms with Crippen molar-refractivity contribution < 1.29 is 4.74 Å². The fourth-order valence-electron chi connectivity index (χ4n) is 3.20. The van der Waals surface area contributed by atoms with E-state index in [2.05, 4.69) is 48.5 Å². The topological polar surface area (TPSA) is 9.23 Å². The molecule has 0 aliphatic rings. The third kappa shape index (κ3) is 1.52. The first-order valence-corrected chi connectivity index (χ1v) is 8.79. The lowest BCUT2D eigenvalue weighted by Gasteiger charge is -2.01. The Labute approximate surface area is 135 Å². The Morgan fingerprint density at radius 3 is 2.32 bits per heavy atom. The van der Waals surface area contributed by atoms with Crippen molar-refractivity contribution in [1.29, 1.82) is 0 Å². The quantitative estimate of drug-likeness (QED) is 0.346. The maximum absolute atomic E-state index is 5.57. The summed E-state index contributed by atoms with van der Waals surface area (Å²) in [6.45, 7) is 0. The van der Waals surface area contributed by atoms with Gasteiger partial charge in [-0.15, -0.1) is 22.7 Å². The van der Waals surface area contributed by atoms with Crippen molar-refractivity contribution >= 4 is 63.0 Å². The van der Waals surface area contributed by atoms with Crippen LogP contribution in [0.25, 0.3) is 40.3 Å². The van der Waals surface area contributed by atoms with Crippen molar-refractivity contribution in [3.05, 3.63) is 54.6 Å². The van der Waals surface area contributed by atoms with Crippen LogP contribution in [0.4, 0.5) is 0 Å². The van der Waals surface area contributed by atoms with Gasteiger partial charge in [-0.1, -0.05) is 36.4 Å². The summed E-state index contributed by atoms with van der Waals surface area (Å²) in [5.41, 5.74) is 0. The SMILES string of the molecule is COc1cccc2sc3c(ccc4c5ccccc5sc43)c12. The van der Waals surface area contributed by atoms with E-state index in [-0.39, 0.29) is 0 Å². The van der Waals surface area contributed by atoms with E-state index in [9.17, 15) is 0 Å². The average Bonchev–Trinajstić information content (AvgIpc) is 3.12. The molecule has 0 spiro atoms. The van der Waals surface area contributed by atoms with Crippen molar-refractivity contribution in [2.24, 2.45) is 0 Å². The minimum atomic E-state index is 0.962. The minimum Gasteiger partial charge on any atom is -0.496 e. The molecule has 0 aliphatic carbocycles. The summed E-state index contributed by atoms with van der Waals surface area (Å²) < 4.78 is 11.0. The summed E-state index contributed by atoms with van der Waals surface area (Å²) in [6.07, 6.45) is 0. The maximum atomic E-state index is 5.57. The summed E-state index contributed by atoms with van der Waals surface area (Å²) in [4.78, 5) is 0. The predicted molar refractivity (Wildman–Crippen MR) is 98.8 cm³/mol. The van der Waals surface area contributed by atoms with Crippen molar-refractivity contribution in [2.45, 2.75) is 0 Å². The van der Waals surface area contributed by atoms with Crippen molar-refractivity contribution in [2.75, 3.05) is 7.11 Å². The molecular weight excluding hydrogens is 308 g/mol. The van der Waals surface area contributed by atoms with E-state index in [0.717, 1.165) is 5.75 Å². The number of hydrogen-bond donors (Lipinski definition) is 0. The Kier molecular flexibility index (Phi) is 2.52. The van der Waals surface area contributed by atoms with Crippen LogP contribution in [0.1, 0.15) is 0 Å². The van der Waals surface area contributed by atoms with E-state index in [1.54, 1.807) is 7.11 Å². The van der Waals surface area contributed by atoms with Gasteiger partial charge >= 0.3 is 0 Å². The van der Waals surface area contributed by atoms with E-state index in [1.807, 2.05) is 28.7 Å². The van der Waals surface area contributed by atoms with E-state index < -0.39 is 0 Å². The van der Waals surface area contributed by atoms with Crippen molar-refractivity contribution in [1.82, 2.24) is 0 Å². The zero-order valence-electron chi connectivity index (χ0n) is 11.9. The zero-order chi connectivity index (χ0) is 14.7. The maximum Gasteiger partial charge on any atom is 0.128 e. The second-order valence-electron chi connectivity index (χ2n) is 5.35. The van der Waals surface area contributed by atoms with Crippen LogP contribution in [0.5, 0.6) is 5.75 Å². The molecule has 0 N–H and O–H groups in total. The molecule has 106 valence electrons. The molecule has 0 atom stereocenters. The molecule has 2 aromatic heterocycles. The lowest BCUT2D eigenvalue weighted by molar-refractivity contribution is 0.420. The Hall–Kier alpha value is -2.10. The largest absolute Gasteiger partial charge is 0.496 e. The Balaban J connectivity index is 2.05. The van der Waals surface area contributed by atoms with Gasteiger partial charge in [0.2, 0.25) is 0 Å². The summed E-state index contributed by atoms with van der Waals surface area (Å²) >= 11 is 3.76.